The van der Waals surface area contributed by atoms with Crippen molar-refractivity contribution in [1.82, 2.24) is 0 Å². The molecule has 1 atom stereocenters. The number of fused-ring (bicyclic) bond motifs is 1. The number of nitrogens with two attached hydrogens (primary N) is 1. The van der Waals surface area contributed by atoms with Crippen LogP contribution in [0.4, 0.5) is 0 Å². The van der Waals surface area contributed by atoms with Gasteiger partial charge in [-0.25, -0.2) is 4.99 Å². The fourth-order valence-electron chi connectivity index (χ4n) is 2.81. The van der Waals surface area contributed by atoms with Crippen LogP contribution in [-0.4, -0.2) is 18.2 Å². The van der Waals surface area contributed by atoms with E-state index in [0.717, 1.165) is 19.3 Å². The lowest BCUT2D eigenvalue weighted by atomic mass is 9.78. The summed E-state index contributed by atoms with van der Waals surface area (Å²) >= 11 is 0. The lowest BCUT2D eigenvalue weighted by molar-refractivity contribution is 0.235. The van der Waals surface area contributed by atoms with Crippen LogP contribution in [0.25, 0.3) is 0 Å². The number of aliphatic imine (C=N–C) groups is 1. The average Bonchev–Trinajstić information content (AvgIpc) is 2.60. The fourth-order valence-corrected chi connectivity index (χ4v) is 2.81. The summed E-state index contributed by atoms with van der Waals surface area (Å²) in [4.78, 5) is 4.48. The summed E-state index contributed by atoms with van der Waals surface area (Å²) in [6.07, 6.45) is 3.10. The first-order valence-electron chi connectivity index (χ1n) is 5.74. The molecular weight excluding hydrogens is 200 g/mol. The molecule has 1 unspecified atom stereocenters. The van der Waals surface area contributed by atoms with Gasteiger partial charge in [0.2, 0.25) is 0 Å². The van der Waals surface area contributed by atoms with E-state index in [1.54, 1.807) is 0 Å². The first-order chi connectivity index (χ1) is 7.69. The molecule has 0 bridgehead atoms. The number of hydrogen-bond donors (Lipinski definition) is 1. The van der Waals surface area contributed by atoms with Gasteiger partial charge < -0.3 is 10.5 Å². The first kappa shape index (κ1) is 9.70. The van der Waals surface area contributed by atoms with Gasteiger partial charge in [0.25, 0.3) is 6.02 Å². The predicted molar refractivity (Wildman–Crippen MR) is 63.5 cm³/mol. The Bertz CT molecular complexity index is 467. The number of benzene rings is 1. The second-order valence-electron chi connectivity index (χ2n) is 4.85. The topological polar surface area (TPSA) is 47.6 Å². The van der Waals surface area contributed by atoms with Crippen LogP contribution in [0.2, 0.25) is 0 Å². The van der Waals surface area contributed by atoms with Gasteiger partial charge in [-0.2, -0.15) is 0 Å². The van der Waals surface area contributed by atoms with Gasteiger partial charge in [-0.1, -0.05) is 18.2 Å². The number of ether oxygens (including phenoxy) is 1. The van der Waals surface area contributed by atoms with E-state index in [0.29, 0.717) is 12.6 Å². The maximum absolute atomic E-state index is 5.62. The van der Waals surface area contributed by atoms with Gasteiger partial charge in [-0.3, -0.25) is 0 Å². The molecule has 1 aromatic rings. The maximum Gasteiger partial charge on any atom is 0.282 e. The first-order valence-corrected chi connectivity index (χ1v) is 5.74. The monoisotopic (exact) mass is 216 g/mol. The summed E-state index contributed by atoms with van der Waals surface area (Å²) in [7, 11) is 0. The van der Waals surface area contributed by atoms with Gasteiger partial charge in [0.1, 0.15) is 12.1 Å². The van der Waals surface area contributed by atoms with Crippen molar-refractivity contribution in [2.75, 3.05) is 6.61 Å². The molecule has 0 aromatic heterocycles. The van der Waals surface area contributed by atoms with Gasteiger partial charge in [0.05, 0.1) is 0 Å². The SMILES string of the molecule is Cc1cccc2c1CCC1(COC(N)=N1)C2. The molecule has 2 aliphatic rings. The van der Waals surface area contributed by atoms with Gasteiger partial charge in [0.15, 0.2) is 0 Å². The Kier molecular flexibility index (Phi) is 1.96. The van der Waals surface area contributed by atoms with Crippen molar-refractivity contribution in [3.8, 4) is 0 Å². The Morgan fingerprint density at radius 3 is 3.06 bits per heavy atom. The summed E-state index contributed by atoms with van der Waals surface area (Å²) in [5, 5.41) is 0. The third-order valence-electron chi connectivity index (χ3n) is 3.70. The van der Waals surface area contributed by atoms with Crippen LogP contribution >= 0.6 is 0 Å². The van der Waals surface area contributed by atoms with E-state index in [4.69, 9.17) is 10.5 Å². The molecule has 0 fully saturated rings. The summed E-state index contributed by atoms with van der Waals surface area (Å²) in [6, 6.07) is 6.86. The third kappa shape index (κ3) is 1.39. The highest BCUT2D eigenvalue weighted by Crippen LogP contribution is 2.35. The van der Waals surface area contributed by atoms with Crippen LogP contribution in [-0.2, 0) is 17.6 Å². The highest BCUT2D eigenvalue weighted by atomic mass is 16.5. The zero-order valence-corrected chi connectivity index (χ0v) is 9.49. The molecule has 0 saturated carbocycles. The van der Waals surface area contributed by atoms with Gasteiger partial charge in [0, 0.05) is 6.42 Å². The molecule has 1 aliphatic carbocycles. The lowest BCUT2D eigenvalue weighted by Gasteiger charge is -2.31. The molecular formula is C13H16N2O. The smallest absolute Gasteiger partial charge is 0.282 e. The molecule has 16 heavy (non-hydrogen) atoms. The predicted octanol–water partition coefficient (Wildman–Crippen LogP) is 1.57. The molecule has 1 aliphatic heterocycles. The molecule has 3 rings (SSSR count). The molecule has 3 heteroatoms. The average molecular weight is 216 g/mol. The Hall–Kier alpha value is -1.51. The van der Waals surface area contributed by atoms with Crippen LogP contribution in [0.1, 0.15) is 23.1 Å². The molecule has 1 aromatic carbocycles. The molecule has 1 spiro atoms. The van der Waals surface area contributed by atoms with Crippen LogP contribution < -0.4 is 5.73 Å². The quantitative estimate of drug-likeness (QED) is 0.715. The molecule has 2 N–H and O–H groups in total. The molecule has 0 amide bonds. The van der Waals surface area contributed by atoms with E-state index in [1.165, 1.54) is 16.7 Å². The molecule has 1 heterocycles. The van der Waals surface area contributed by atoms with E-state index in [2.05, 4.69) is 30.1 Å². The van der Waals surface area contributed by atoms with Gasteiger partial charge in [-0.15, -0.1) is 0 Å². The highest BCUT2D eigenvalue weighted by molar-refractivity contribution is 5.74. The van der Waals surface area contributed by atoms with E-state index in [1.807, 2.05) is 0 Å². The van der Waals surface area contributed by atoms with Crippen molar-refractivity contribution in [2.24, 2.45) is 10.7 Å². The second-order valence-corrected chi connectivity index (χ2v) is 4.85. The number of hydrogen-bond acceptors (Lipinski definition) is 3. The van der Waals surface area contributed by atoms with Crippen molar-refractivity contribution in [3.63, 3.8) is 0 Å². The van der Waals surface area contributed by atoms with Crippen LogP contribution in [0, 0.1) is 6.92 Å². The zero-order chi connectivity index (χ0) is 11.2. The number of aryl methyl sites for hydroxylation is 1. The Morgan fingerprint density at radius 2 is 2.31 bits per heavy atom. The summed E-state index contributed by atoms with van der Waals surface area (Å²) < 4.78 is 5.32. The minimum absolute atomic E-state index is 0.0785. The van der Waals surface area contributed by atoms with E-state index in [-0.39, 0.29) is 5.54 Å². The minimum atomic E-state index is -0.0785. The van der Waals surface area contributed by atoms with Crippen LogP contribution in [0.15, 0.2) is 23.2 Å². The Labute approximate surface area is 95.3 Å². The maximum atomic E-state index is 5.62. The van der Waals surface area contributed by atoms with Crippen LogP contribution in [0.3, 0.4) is 0 Å². The van der Waals surface area contributed by atoms with Crippen molar-refractivity contribution in [1.29, 1.82) is 0 Å². The number of amidine groups is 1. The van der Waals surface area contributed by atoms with E-state index in [9.17, 15) is 0 Å². The molecule has 3 nitrogen and oxygen atoms in total. The molecule has 84 valence electrons. The van der Waals surface area contributed by atoms with Crippen LogP contribution in [0.5, 0.6) is 0 Å². The largest absolute Gasteiger partial charge is 0.463 e. The molecule has 0 radical (unpaired) electrons. The van der Waals surface area contributed by atoms with Crippen molar-refractivity contribution < 1.29 is 4.74 Å². The van der Waals surface area contributed by atoms with Gasteiger partial charge >= 0.3 is 0 Å². The highest BCUT2D eigenvalue weighted by Gasteiger charge is 2.39. The molecule has 0 saturated heterocycles. The summed E-state index contributed by atoms with van der Waals surface area (Å²) in [5.41, 5.74) is 9.84. The fraction of sp³-hybridized carbons (Fsp3) is 0.462. The van der Waals surface area contributed by atoms with E-state index >= 15 is 0 Å². The van der Waals surface area contributed by atoms with Gasteiger partial charge in [-0.05, 0) is 36.5 Å². The number of nitrogens with zero attached hydrogens (tertiary/aromatic N) is 1. The number of rotatable bonds is 0. The van der Waals surface area contributed by atoms with Crippen molar-refractivity contribution >= 4 is 6.02 Å². The standard InChI is InChI=1S/C13H16N2O/c1-9-3-2-4-10-7-13(6-5-11(9)10)8-16-12(14)15-13/h2-4H,5-8H2,1H3,(H2,14,15). The minimum Gasteiger partial charge on any atom is -0.463 e. The second kappa shape index (κ2) is 3.24. The summed E-state index contributed by atoms with van der Waals surface area (Å²) in [6.45, 7) is 2.83. The van der Waals surface area contributed by atoms with Crippen molar-refractivity contribution in [2.45, 2.75) is 31.7 Å². The van der Waals surface area contributed by atoms with E-state index < -0.39 is 0 Å². The zero-order valence-electron chi connectivity index (χ0n) is 9.49. The van der Waals surface area contributed by atoms with Crippen molar-refractivity contribution in [3.05, 3.63) is 34.9 Å². The Morgan fingerprint density at radius 1 is 1.44 bits per heavy atom. The lowest BCUT2D eigenvalue weighted by Crippen LogP contribution is -2.35. The normalized spacial score (nSPS) is 27.4. The summed E-state index contributed by atoms with van der Waals surface area (Å²) in [5.74, 6) is 0. The Balaban J connectivity index is 1.98. The third-order valence-corrected chi connectivity index (χ3v) is 3.70.